The highest BCUT2D eigenvalue weighted by Gasteiger charge is 2.23. The summed E-state index contributed by atoms with van der Waals surface area (Å²) in [7, 11) is 1.68. The Bertz CT molecular complexity index is 656. The molecule has 1 atom stereocenters. The molecule has 6 nitrogen and oxygen atoms in total. The number of nitrogens with zero attached hydrogens (tertiary/aromatic N) is 3. The maximum atomic E-state index is 6.18. The van der Waals surface area contributed by atoms with Crippen LogP contribution < -0.4 is 16.2 Å². The van der Waals surface area contributed by atoms with Crippen LogP contribution >= 0.6 is 0 Å². The average Bonchev–Trinajstić information content (AvgIpc) is 2.74. The summed E-state index contributed by atoms with van der Waals surface area (Å²) in [6.45, 7) is 3.05. The summed E-state index contributed by atoms with van der Waals surface area (Å²) >= 11 is 0. The van der Waals surface area contributed by atoms with E-state index >= 15 is 0 Å². The van der Waals surface area contributed by atoms with Gasteiger partial charge in [0.2, 0.25) is 11.9 Å². The molecule has 0 saturated heterocycles. The van der Waals surface area contributed by atoms with Gasteiger partial charge in [-0.05, 0) is 37.0 Å². The standard InChI is InChI=1S/C24H41N5O/c1-3-4-5-6-7-8-9-10-11-12-13-22-27-23(25)28-24(26)29(22)19-18-20-14-16-21(30-2)17-15-20/h14-17,22H,3-13,18-19H2,1-2H3,(H4,25,26,27,28). The smallest absolute Gasteiger partial charge is 0.220 e. The summed E-state index contributed by atoms with van der Waals surface area (Å²) in [5.74, 6) is 1.65. The number of benzene rings is 1. The number of nitrogens with two attached hydrogens (primary N) is 2. The van der Waals surface area contributed by atoms with Crippen LogP contribution in [0.3, 0.4) is 0 Å². The minimum atomic E-state index is -0.00482. The van der Waals surface area contributed by atoms with Gasteiger partial charge in [-0.1, -0.05) is 76.8 Å². The number of unbranched alkanes of at least 4 members (excludes halogenated alkanes) is 9. The monoisotopic (exact) mass is 415 g/mol. The fourth-order valence-corrected chi connectivity index (χ4v) is 3.93. The quantitative estimate of drug-likeness (QED) is 0.402. The Kier molecular flexibility index (Phi) is 11.1. The maximum absolute atomic E-state index is 6.18. The Hall–Kier alpha value is -2.24. The second-order valence-electron chi connectivity index (χ2n) is 8.20. The summed E-state index contributed by atoms with van der Waals surface area (Å²) < 4.78 is 5.23. The van der Waals surface area contributed by atoms with Crippen molar-refractivity contribution >= 4 is 11.9 Å². The van der Waals surface area contributed by atoms with Gasteiger partial charge in [0.1, 0.15) is 11.9 Å². The summed E-state index contributed by atoms with van der Waals surface area (Å²) in [5, 5.41) is 0. The highest BCUT2D eigenvalue weighted by atomic mass is 16.5. The molecule has 1 aliphatic heterocycles. The fourth-order valence-electron chi connectivity index (χ4n) is 3.93. The number of hydrogen-bond donors (Lipinski definition) is 2. The molecule has 30 heavy (non-hydrogen) atoms. The summed E-state index contributed by atoms with van der Waals surface area (Å²) in [6, 6.07) is 8.15. The minimum Gasteiger partial charge on any atom is -0.497 e. The van der Waals surface area contributed by atoms with Crippen molar-refractivity contribution in [2.75, 3.05) is 13.7 Å². The van der Waals surface area contributed by atoms with Gasteiger partial charge in [-0.3, -0.25) is 0 Å². The first-order chi connectivity index (χ1) is 14.6. The lowest BCUT2D eigenvalue weighted by Crippen LogP contribution is -2.49. The van der Waals surface area contributed by atoms with E-state index in [1.807, 2.05) is 12.1 Å². The second-order valence-corrected chi connectivity index (χ2v) is 8.20. The number of ether oxygens (including phenoxy) is 1. The average molecular weight is 416 g/mol. The van der Waals surface area contributed by atoms with Crippen LogP contribution in [0.2, 0.25) is 0 Å². The molecular formula is C24H41N5O. The molecule has 0 fully saturated rings. The van der Waals surface area contributed by atoms with Crippen molar-refractivity contribution in [3.05, 3.63) is 29.8 Å². The molecule has 6 heteroatoms. The second kappa shape index (κ2) is 13.9. The molecule has 0 aliphatic carbocycles. The zero-order valence-electron chi connectivity index (χ0n) is 19.0. The van der Waals surface area contributed by atoms with Gasteiger partial charge in [-0.15, -0.1) is 0 Å². The van der Waals surface area contributed by atoms with Crippen molar-refractivity contribution in [3.63, 3.8) is 0 Å². The van der Waals surface area contributed by atoms with Crippen LogP contribution in [-0.4, -0.2) is 36.6 Å². The topological polar surface area (TPSA) is 89.2 Å². The van der Waals surface area contributed by atoms with Gasteiger partial charge in [0.15, 0.2) is 0 Å². The number of hydrogen-bond acceptors (Lipinski definition) is 6. The SMILES string of the molecule is CCCCCCCCCCCCC1N=C(N)N=C(N)N1CCc1ccc(OC)cc1. The zero-order valence-corrected chi connectivity index (χ0v) is 19.0. The van der Waals surface area contributed by atoms with Crippen LogP contribution in [0.15, 0.2) is 34.3 Å². The van der Waals surface area contributed by atoms with Crippen LogP contribution in [0.5, 0.6) is 5.75 Å². The molecule has 0 aromatic heterocycles. The van der Waals surface area contributed by atoms with E-state index in [1.165, 1.54) is 63.4 Å². The van der Waals surface area contributed by atoms with Gasteiger partial charge < -0.3 is 21.1 Å². The minimum absolute atomic E-state index is 0.00482. The maximum Gasteiger partial charge on any atom is 0.220 e. The Morgan fingerprint density at radius 1 is 0.900 bits per heavy atom. The molecule has 1 unspecified atom stereocenters. The number of methoxy groups -OCH3 is 1. The van der Waals surface area contributed by atoms with Crippen molar-refractivity contribution < 1.29 is 4.74 Å². The van der Waals surface area contributed by atoms with E-state index in [0.717, 1.165) is 31.6 Å². The van der Waals surface area contributed by atoms with Crippen LogP contribution in [0, 0.1) is 0 Å². The molecule has 1 aliphatic rings. The first-order valence-electron chi connectivity index (χ1n) is 11.7. The molecule has 1 aromatic carbocycles. The molecular weight excluding hydrogens is 374 g/mol. The normalized spacial score (nSPS) is 16.3. The van der Waals surface area contributed by atoms with E-state index in [9.17, 15) is 0 Å². The Labute approximate surface area is 182 Å². The third kappa shape index (κ3) is 8.64. The van der Waals surface area contributed by atoms with E-state index < -0.39 is 0 Å². The molecule has 168 valence electrons. The Balaban J connectivity index is 1.70. The fraction of sp³-hybridized carbons (Fsp3) is 0.667. The van der Waals surface area contributed by atoms with Gasteiger partial charge in [0.25, 0.3) is 0 Å². The molecule has 0 radical (unpaired) electrons. The van der Waals surface area contributed by atoms with Crippen LogP contribution in [-0.2, 0) is 6.42 Å². The molecule has 0 spiro atoms. The lowest BCUT2D eigenvalue weighted by Gasteiger charge is -2.32. The molecule has 1 heterocycles. The molecule has 0 amide bonds. The predicted octanol–water partition coefficient (Wildman–Crippen LogP) is 4.82. The van der Waals surface area contributed by atoms with Gasteiger partial charge in [-0.2, -0.15) is 4.99 Å². The summed E-state index contributed by atoms with van der Waals surface area (Å²) in [6.07, 6.45) is 15.1. The predicted molar refractivity (Wildman–Crippen MR) is 127 cm³/mol. The molecule has 2 rings (SSSR count). The van der Waals surface area contributed by atoms with E-state index in [1.54, 1.807) is 7.11 Å². The largest absolute Gasteiger partial charge is 0.497 e. The first kappa shape index (κ1) is 24.0. The van der Waals surface area contributed by atoms with Gasteiger partial charge >= 0.3 is 0 Å². The first-order valence-corrected chi connectivity index (χ1v) is 11.7. The third-order valence-corrected chi connectivity index (χ3v) is 5.78. The van der Waals surface area contributed by atoms with Gasteiger partial charge in [0, 0.05) is 6.54 Å². The van der Waals surface area contributed by atoms with Crippen molar-refractivity contribution in [3.8, 4) is 5.75 Å². The lowest BCUT2D eigenvalue weighted by atomic mass is 10.0. The highest BCUT2D eigenvalue weighted by Crippen LogP contribution is 2.18. The number of guanidine groups is 2. The van der Waals surface area contributed by atoms with Crippen molar-refractivity contribution in [1.29, 1.82) is 0 Å². The number of rotatable bonds is 15. The van der Waals surface area contributed by atoms with Gasteiger partial charge in [0.05, 0.1) is 7.11 Å². The lowest BCUT2D eigenvalue weighted by molar-refractivity contribution is 0.290. The molecule has 0 saturated carbocycles. The highest BCUT2D eigenvalue weighted by molar-refractivity contribution is 5.95. The van der Waals surface area contributed by atoms with Crippen molar-refractivity contribution in [1.82, 2.24) is 4.90 Å². The van der Waals surface area contributed by atoms with Gasteiger partial charge in [-0.25, -0.2) is 4.99 Å². The molecule has 1 aromatic rings. The van der Waals surface area contributed by atoms with Crippen LogP contribution in [0.25, 0.3) is 0 Å². The number of aliphatic imine (C=N–C) groups is 2. The van der Waals surface area contributed by atoms with E-state index in [4.69, 9.17) is 16.2 Å². The van der Waals surface area contributed by atoms with Crippen LogP contribution in [0.4, 0.5) is 0 Å². The zero-order chi connectivity index (χ0) is 21.6. The van der Waals surface area contributed by atoms with Crippen molar-refractivity contribution in [2.45, 2.75) is 90.1 Å². The Morgan fingerprint density at radius 2 is 1.50 bits per heavy atom. The summed E-state index contributed by atoms with van der Waals surface area (Å²) in [4.78, 5) is 10.8. The van der Waals surface area contributed by atoms with E-state index in [0.29, 0.717) is 11.9 Å². The summed E-state index contributed by atoms with van der Waals surface area (Å²) in [5.41, 5.74) is 13.3. The Morgan fingerprint density at radius 3 is 2.10 bits per heavy atom. The van der Waals surface area contributed by atoms with Crippen LogP contribution in [0.1, 0.15) is 83.1 Å². The molecule has 0 bridgehead atoms. The van der Waals surface area contributed by atoms with E-state index in [2.05, 4.69) is 33.9 Å². The molecule has 4 N–H and O–H groups in total. The third-order valence-electron chi connectivity index (χ3n) is 5.78. The van der Waals surface area contributed by atoms with Crippen molar-refractivity contribution in [2.24, 2.45) is 21.5 Å². The van der Waals surface area contributed by atoms with E-state index in [-0.39, 0.29) is 6.17 Å².